The summed E-state index contributed by atoms with van der Waals surface area (Å²) in [5, 5.41) is 12.2. The first-order chi connectivity index (χ1) is 7.11. The first-order valence-corrected chi connectivity index (χ1v) is 5.68. The van der Waals surface area contributed by atoms with E-state index in [-0.39, 0.29) is 12.1 Å². The highest BCUT2D eigenvalue weighted by atomic mass is 32.2. The van der Waals surface area contributed by atoms with E-state index >= 15 is 0 Å². The molecule has 1 atom stereocenters. The Hall–Kier alpha value is -0.650. The Balaban J connectivity index is 3.14. The molecule has 2 N–H and O–H groups in total. The van der Waals surface area contributed by atoms with E-state index in [2.05, 4.69) is 5.32 Å². The van der Waals surface area contributed by atoms with Crippen LogP contribution in [0.1, 0.15) is 11.7 Å². The normalized spacial score (nSPS) is 12.9. The van der Waals surface area contributed by atoms with Crippen molar-refractivity contribution in [3.05, 3.63) is 29.3 Å². The molecule has 1 unspecified atom stereocenters. The summed E-state index contributed by atoms with van der Waals surface area (Å²) in [6, 6.07) is 2.54. The van der Waals surface area contributed by atoms with E-state index in [1.807, 2.05) is 0 Å². The maximum absolute atomic E-state index is 13.7. The van der Waals surface area contributed by atoms with Crippen LogP contribution in [0.15, 0.2) is 17.0 Å². The Bertz CT molecular complexity index is 346. The van der Waals surface area contributed by atoms with E-state index in [1.54, 1.807) is 13.3 Å². The Morgan fingerprint density at radius 3 is 2.67 bits per heavy atom. The summed E-state index contributed by atoms with van der Waals surface area (Å²) in [5.74, 6) is -1.39. The van der Waals surface area contributed by atoms with Gasteiger partial charge in [0.1, 0.15) is 11.6 Å². The van der Waals surface area contributed by atoms with Crippen LogP contribution in [0.25, 0.3) is 0 Å². The van der Waals surface area contributed by atoms with Crippen LogP contribution >= 0.6 is 11.8 Å². The molecule has 0 aliphatic heterocycles. The highest BCUT2D eigenvalue weighted by molar-refractivity contribution is 7.98. The highest BCUT2D eigenvalue weighted by Gasteiger charge is 2.19. The van der Waals surface area contributed by atoms with Crippen LogP contribution in [0.5, 0.6) is 0 Å². The fraction of sp³-hybridized carbons (Fsp3) is 0.400. The topological polar surface area (TPSA) is 32.3 Å². The van der Waals surface area contributed by atoms with Crippen molar-refractivity contribution in [1.29, 1.82) is 0 Å². The highest BCUT2D eigenvalue weighted by Crippen LogP contribution is 2.28. The Morgan fingerprint density at radius 2 is 2.13 bits per heavy atom. The SMILES string of the molecule is CNCC(O)c1c(F)ccc(SC)c1F. The maximum Gasteiger partial charge on any atom is 0.145 e. The molecule has 0 saturated carbocycles. The summed E-state index contributed by atoms with van der Waals surface area (Å²) in [6.07, 6.45) is 0.534. The molecule has 15 heavy (non-hydrogen) atoms. The Morgan fingerprint density at radius 1 is 1.47 bits per heavy atom. The molecule has 0 aliphatic rings. The predicted molar refractivity (Wildman–Crippen MR) is 57.0 cm³/mol. The van der Waals surface area contributed by atoms with Crippen molar-refractivity contribution in [3.63, 3.8) is 0 Å². The van der Waals surface area contributed by atoms with Gasteiger partial charge in [-0.2, -0.15) is 0 Å². The largest absolute Gasteiger partial charge is 0.387 e. The number of halogens is 2. The van der Waals surface area contributed by atoms with Crippen molar-refractivity contribution in [1.82, 2.24) is 5.32 Å². The van der Waals surface area contributed by atoms with Gasteiger partial charge in [-0.15, -0.1) is 11.8 Å². The quantitative estimate of drug-likeness (QED) is 0.779. The van der Waals surface area contributed by atoms with Gasteiger partial charge in [0.2, 0.25) is 0 Å². The fourth-order valence-electron chi connectivity index (χ4n) is 1.31. The molecule has 1 aromatic carbocycles. The third-order valence-electron chi connectivity index (χ3n) is 2.04. The van der Waals surface area contributed by atoms with Crippen LogP contribution in [0.2, 0.25) is 0 Å². The Kier molecular flexibility index (Phi) is 4.50. The third-order valence-corrected chi connectivity index (χ3v) is 2.80. The molecule has 1 aromatic rings. The lowest BCUT2D eigenvalue weighted by Gasteiger charge is -2.13. The van der Waals surface area contributed by atoms with Gasteiger partial charge in [-0.25, -0.2) is 8.78 Å². The van der Waals surface area contributed by atoms with Crippen LogP contribution in [0, 0.1) is 11.6 Å². The van der Waals surface area contributed by atoms with Gasteiger partial charge in [0.15, 0.2) is 0 Å². The van der Waals surface area contributed by atoms with Crippen molar-refractivity contribution in [3.8, 4) is 0 Å². The predicted octanol–water partition coefficient (Wildman–Crippen LogP) is 1.94. The number of nitrogens with one attached hydrogen (secondary N) is 1. The molecule has 0 bridgehead atoms. The molecule has 0 heterocycles. The van der Waals surface area contributed by atoms with Crippen LogP contribution in [-0.4, -0.2) is 25.0 Å². The zero-order chi connectivity index (χ0) is 11.4. The minimum atomic E-state index is -1.16. The monoisotopic (exact) mass is 233 g/mol. The lowest BCUT2D eigenvalue weighted by atomic mass is 10.1. The van der Waals surface area contributed by atoms with Gasteiger partial charge in [0, 0.05) is 11.4 Å². The lowest BCUT2D eigenvalue weighted by Crippen LogP contribution is -2.19. The number of rotatable bonds is 4. The lowest BCUT2D eigenvalue weighted by molar-refractivity contribution is 0.167. The maximum atomic E-state index is 13.7. The van der Waals surface area contributed by atoms with Crippen LogP contribution in [0.4, 0.5) is 8.78 Å². The number of aliphatic hydroxyl groups is 1. The molecule has 0 spiro atoms. The summed E-state index contributed by atoms with van der Waals surface area (Å²) < 4.78 is 27.0. The summed E-state index contributed by atoms with van der Waals surface area (Å²) in [7, 11) is 1.61. The molecule has 0 aliphatic carbocycles. The molecule has 2 nitrogen and oxygen atoms in total. The van der Waals surface area contributed by atoms with Gasteiger partial charge < -0.3 is 10.4 Å². The fourth-order valence-corrected chi connectivity index (χ4v) is 1.80. The second kappa shape index (κ2) is 5.44. The first kappa shape index (κ1) is 12.4. The van der Waals surface area contributed by atoms with Gasteiger partial charge in [0.05, 0.1) is 11.7 Å². The van der Waals surface area contributed by atoms with Crippen molar-refractivity contribution in [2.75, 3.05) is 19.8 Å². The summed E-state index contributed by atoms with van der Waals surface area (Å²) in [5.41, 5.74) is -0.267. The van der Waals surface area contributed by atoms with E-state index in [0.717, 1.165) is 0 Å². The van der Waals surface area contributed by atoms with Gasteiger partial charge in [-0.1, -0.05) is 0 Å². The van der Waals surface area contributed by atoms with Crippen LogP contribution in [0.3, 0.4) is 0 Å². The van der Waals surface area contributed by atoms with Crippen molar-refractivity contribution in [2.24, 2.45) is 0 Å². The van der Waals surface area contributed by atoms with Gasteiger partial charge in [-0.3, -0.25) is 0 Å². The second-order valence-electron chi connectivity index (χ2n) is 3.05. The van der Waals surface area contributed by atoms with E-state index in [4.69, 9.17) is 0 Å². The number of benzene rings is 1. The number of likely N-dealkylation sites (N-methyl/N-ethyl adjacent to an activating group) is 1. The summed E-state index contributed by atoms with van der Waals surface area (Å²) in [4.78, 5) is 0.335. The van der Waals surface area contributed by atoms with Crippen molar-refractivity contribution in [2.45, 2.75) is 11.0 Å². The third kappa shape index (κ3) is 2.68. The summed E-state index contributed by atoms with van der Waals surface area (Å²) in [6.45, 7) is 0.117. The molecular weight excluding hydrogens is 220 g/mol. The number of thioether (sulfide) groups is 1. The van der Waals surface area contributed by atoms with E-state index in [1.165, 1.54) is 23.9 Å². The molecule has 0 radical (unpaired) electrons. The van der Waals surface area contributed by atoms with Crippen LogP contribution in [-0.2, 0) is 0 Å². The first-order valence-electron chi connectivity index (χ1n) is 4.46. The number of hydrogen-bond donors (Lipinski definition) is 2. The molecule has 0 fully saturated rings. The van der Waals surface area contributed by atoms with Crippen molar-refractivity contribution < 1.29 is 13.9 Å². The van der Waals surface area contributed by atoms with E-state index < -0.39 is 17.7 Å². The molecular formula is C10H13F2NOS. The van der Waals surface area contributed by atoms with Crippen LogP contribution < -0.4 is 5.32 Å². The average Bonchev–Trinajstić information content (AvgIpc) is 2.18. The van der Waals surface area contributed by atoms with Gasteiger partial charge in [0.25, 0.3) is 0 Å². The molecule has 84 valence electrons. The van der Waals surface area contributed by atoms with Gasteiger partial charge >= 0.3 is 0 Å². The van der Waals surface area contributed by atoms with E-state index in [0.29, 0.717) is 4.90 Å². The number of hydrogen-bond acceptors (Lipinski definition) is 3. The summed E-state index contributed by atoms with van der Waals surface area (Å²) >= 11 is 1.18. The number of aliphatic hydroxyl groups excluding tert-OH is 1. The van der Waals surface area contributed by atoms with E-state index in [9.17, 15) is 13.9 Å². The standard InChI is InChI=1S/C10H13F2NOS/c1-13-5-7(14)9-6(11)3-4-8(15-2)10(9)12/h3-4,7,13-14H,5H2,1-2H3. The van der Waals surface area contributed by atoms with Gasteiger partial charge in [-0.05, 0) is 25.4 Å². The second-order valence-corrected chi connectivity index (χ2v) is 3.90. The molecule has 1 rings (SSSR count). The zero-order valence-corrected chi connectivity index (χ0v) is 9.37. The average molecular weight is 233 g/mol. The zero-order valence-electron chi connectivity index (χ0n) is 8.55. The smallest absolute Gasteiger partial charge is 0.145 e. The minimum absolute atomic E-state index is 0.117. The molecule has 5 heteroatoms. The molecule has 0 aromatic heterocycles. The van der Waals surface area contributed by atoms with Crippen molar-refractivity contribution >= 4 is 11.8 Å². The molecule has 0 amide bonds. The minimum Gasteiger partial charge on any atom is -0.387 e. The molecule has 0 saturated heterocycles. The Labute approximate surface area is 91.7 Å².